The Balaban J connectivity index is 1.48. The van der Waals surface area contributed by atoms with Crippen LogP contribution in [0.5, 0.6) is 23.1 Å². The second-order valence-electron chi connectivity index (χ2n) is 5.92. The fourth-order valence-electron chi connectivity index (χ4n) is 2.68. The van der Waals surface area contributed by atoms with Crippen LogP contribution in [0.2, 0.25) is 0 Å². The Morgan fingerprint density at radius 3 is 2.48 bits per heavy atom. The molecule has 0 fully saturated rings. The maximum absolute atomic E-state index is 12.6. The van der Waals surface area contributed by atoms with Gasteiger partial charge in [0.25, 0.3) is 0 Å². The summed E-state index contributed by atoms with van der Waals surface area (Å²) in [6.07, 6.45) is -3.91. The van der Waals surface area contributed by atoms with Crippen molar-refractivity contribution >= 4 is 0 Å². The van der Waals surface area contributed by atoms with Crippen molar-refractivity contribution in [1.29, 1.82) is 0 Å². The maximum atomic E-state index is 12.6. The van der Waals surface area contributed by atoms with Crippen LogP contribution in [0.4, 0.5) is 13.2 Å². The summed E-state index contributed by atoms with van der Waals surface area (Å²) < 4.78 is 55.0. The van der Waals surface area contributed by atoms with Crippen molar-refractivity contribution in [3.8, 4) is 23.1 Å². The van der Waals surface area contributed by atoms with Gasteiger partial charge in [0.1, 0.15) is 12.4 Å². The van der Waals surface area contributed by atoms with Crippen LogP contribution in [-0.2, 0) is 6.18 Å². The number of hydrogen-bond acceptors (Lipinski definition) is 4. The Morgan fingerprint density at radius 2 is 1.78 bits per heavy atom. The number of hydrogen-bond donors (Lipinski definition) is 0. The standard InChI is InChI=1S/C20H14F3NO3/c21-20(22,23)14-6-9-19(24-11-14)26-15-7-8-16-17(10-15)25-12-18(27-16)13-4-2-1-3-5-13/h1-11,18H,12H2. The summed E-state index contributed by atoms with van der Waals surface area (Å²) in [6, 6.07) is 16.8. The third-order valence-electron chi connectivity index (χ3n) is 4.03. The van der Waals surface area contributed by atoms with E-state index in [1.165, 1.54) is 6.07 Å². The van der Waals surface area contributed by atoms with E-state index in [-0.39, 0.29) is 12.0 Å². The van der Waals surface area contributed by atoms with Crippen LogP contribution >= 0.6 is 0 Å². The molecule has 0 spiro atoms. The smallest absolute Gasteiger partial charge is 0.417 e. The molecule has 0 N–H and O–H groups in total. The highest BCUT2D eigenvalue weighted by molar-refractivity contribution is 5.47. The number of nitrogens with zero attached hydrogens (tertiary/aromatic N) is 1. The fraction of sp³-hybridized carbons (Fsp3) is 0.150. The van der Waals surface area contributed by atoms with Gasteiger partial charge in [0.05, 0.1) is 5.56 Å². The van der Waals surface area contributed by atoms with E-state index in [0.29, 0.717) is 23.9 Å². The Labute approximate surface area is 153 Å². The third kappa shape index (κ3) is 3.81. The van der Waals surface area contributed by atoms with Gasteiger partial charge in [0.15, 0.2) is 17.6 Å². The van der Waals surface area contributed by atoms with E-state index in [2.05, 4.69) is 4.98 Å². The molecule has 2 aromatic carbocycles. The van der Waals surface area contributed by atoms with Crippen molar-refractivity contribution in [3.05, 3.63) is 78.0 Å². The number of aromatic nitrogens is 1. The molecule has 1 unspecified atom stereocenters. The number of ether oxygens (including phenoxy) is 3. The molecule has 0 radical (unpaired) electrons. The van der Waals surface area contributed by atoms with Crippen molar-refractivity contribution in [2.45, 2.75) is 12.3 Å². The first kappa shape index (κ1) is 17.2. The average molecular weight is 373 g/mol. The first-order chi connectivity index (χ1) is 13.0. The molecule has 1 aliphatic heterocycles. The summed E-state index contributed by atoms with van der Waals surface area (Å²) in [6.45, 7) is 0.346. The lowest BCUT2D eigenvalue weighted by atomic mass is 10.1. The van der Waals surface area contributed by atoms with Crippen molar-refractivity contribution in [3.63, 3.8) is 0 Å². The van der Waals surface area contributed by atoms with Crippen molar-refractivity contribution in [2.24, 2.45) is 0 Å². The first-order valence-corrected chi connectivity index (χ1v) is 8.18. The lowest BCUT2D eigenvalue weighted by molar-refractivity contribution is -0.137. The highest BCUT2D eigenvalue weighted by Gasteiger charge is 2.30. The minimum absolute atomic E-state index is 0.0573. The predicted octanol–water partition coefficient (Wildman–Crippen LogP) is 5.41. The zero-order valence-corrected chi connectivity index (χ0v) is 13.9. The monoisotopic (exact) mass is 373 g/mol. The van der Waals surface area contributed by atoms with Gasteiger partial charge in [-0.2, -0.15) is 13.2 Å². The summed E-state index contributed by atoms with van der Waals surface area (Å²) in [5.74, 6) is 1.53. The normalized spacial score (nSPS) is 16.0. The van der Waals surface area contributed by atoms with Gasteiger partial charge in [0, 0.05) is 18.3 Å². The molecule has 4 nitrogen and oxygen atoms in total. The van der Waals surface area contributed by atoms with Crippen molar-refractivity contribution in [1.82, 2.24) is 4.98 Å². The number of pyridine rings is 1. The van der Waals surface area contributed by atoms with Crippen LogP contribution in [0.3, 0.4) is 0 Å². The zero-order valence-electron chi connectivity index (χ0n) is 13.9. The number of benzene rings is 2. The van der Waals surface area contributed by atoms with E-state index >= 15 is 0 Å². The molecule has 1 aromatic heterocycles. The molecule has 2 heterocycles. The molecule has 1 atom stereocenters. The van der Waals surface area contributed by atoms with Gasteiger partial charge in [-0.1, -0.05) is 30.3 Å². The van der Waals surface area contributed by atoms with E-state index in [9.17, 15) is 13.2 Å². The highest BCUT2D eigenvalue weighted by Crippen LogP contribution is 2.39. The van der Waals surface area contributed by atoms with Gasteiger partial charge < -0.3 is 14.2 Å². The molecule has 0 saturated heterocycles. The number of fused-ring (bicyclic) bond motifs is 1. The van der Waals surface area contributed by atoms with E-state index in [4.69, 9.17) is 14.2 Å². The second-order valence-corrected chi connectivity index (χ2v) is 5.92. The van der Waals surface area contributed by atoms with Gasteiger partial charge in [-0.25, -0.2) is 4.98 Å². The molecule has 4 rings (SSSR count). The molecular formula is C20H14F3NO3. The molecule has 0 saturated carbocycles. The molecule has 0 bridgehead atoms. The van der Waals surface area contributed by atoms with Crippen LogP contribution < -0.4 is 14.2 Å². The SMILES string of the molecule is FC(F)(F)c1ccc(Oc2ccc3c(c2)OCC(c2ccccc2)O3)nc1. The van der Waals surface area contributed by atoms with Crippen LogP contribution in [0.15, 0.2) is 66.9 Å². The van der Waals surface area contributed by atoms with E-state index < -0.39 is 11.7 Å². The lowest BCUT2D eigenvalue weighted by Crippen LogP contribution is -2.21. The molecule has 0 amide bonds. The van der Waals surface area contributed by atoms with Gasteiger partial charge >= 0.3 is 6.18 Å². The summed E-state index contributed by atoms with van der Waals surface area (Å²) >= 11 is 0. The van der Waals surface area contributed by atoms with Crippen LogP contribution in [-0.4, -0.2) is 11.6 Å². The Hall–Kier alpha value is -3.22. The van der Waals surface area contributed by atoms with Crippen molar-refractivity contribution < 1.29 is 27.4 Å². The summed E-state index contributed by atoms with van der Waals surface area (Å²) in [5.41, 5.74) is 0.182. The highest BCUT2D eigenvalue weighted by atomic mass is 19.4. The Kier molecular flexibility index (Phi) is 4.35. The number of halogens is 3. The topological polar surface area (TPSA) is 40.6 Å². The van der Waals surface area contributed by atoms with E-state index in [0.717, 1.165) is 17.8 Å². The summed E-state index contributed by atoms with van der Waals surface area (Å²) in [4.78, 5) is 3.69. The first-order valence-electron chi connectivity index (χ1n) is 8.18. The van der Waals surface area contributed by atoms with E-state index in [1.54, 1.807) is 18.2 Å². The molecule has 27 heavy (non-hydrogen) atoms. The molecule has 138 valence electrons. The molecule has 0 aliphatic carbocycles. The van der Waals surface area contributed by atoms with Crippen LogP contribution in [0.1, 0.15) is 17.2 Å². The van der Waals surface area contributed by atoms with E-state index in [1.807, 2.05) is 30.3 Å². The predicted molar refractivity (Wildman–Crippen MR) is 91.1 cm³/mol. The quantitative estimate of drug-likeness (QED) is 0.616. The van der Waals surface area contributed by atoms with Gasteiger partial charge in [-0.05, 0) is 23.8 Å². The molecule has 1 aliphatic rings. The molecule has 3 aromatic rings. The minimum atomic E-state index is -4.43. The van der Waals surface area contributed by atoms with Gasteiger partial charge in [-0.3, -0.25) is 0 Å². The average Bonchev–Trinajstić information content (AvgIpc) is 2.68. The largest absolute Gasteiger partial charge is 0.485 e. The zero-order chi connectivity index (χ0) is 18.9. The van der Waals surface area contributed by atoms with Gasteiger partial charge in [0.2, 0.25) is 5.88 Å². The maximum Gasteiger partial charge on any atom is 0.417 e. The lowest BCUT2D eigenvalue weighted by Gasteiger charge is -2.27. The van der Waals surface area contributed by atoms with Gasteiger partial charge in [-0.15, -0.1) is 0 Å². The number of alkyl halides is 3. The molecular weight excluding hydrogens is 359 g/mol. The molecule has 7 heteroatoms. The Bertz CT molecular complexity index is 927. The third-order valence-corrected chi connectivity index (χ3v) is 4.03. The number of rotatable bonds is 3. The Morgan fingerprint density at radius 1 is 0.963 bits per heavy atom. The fourth-order valence-corrected chi connectivity index (χ4v) is 2.68. The minimum Gasteiger partial charge on any atom is -0.485 e. The van der Waals surface area contributed by atoms with Crippen LogP contribution in [0.25, 0.3) is 0 Å². The van der Waals surface area contributed by atoms with Crippen LogP contribution in [0, 0.1) is 0 Å². The second kappa shape index (κ2) is 6.83. The van der Waals surface area contributed by atoms with Crippen molar-refractivity contribution in [2.75, 3.05) is 6.61 Å². The summed E-state index contributed by atoms with van der Waals surface area (Å²) in [7, 11) is 0. The summed E-state index contributed by atoms with van der Waals surface area (Å²) in [5, 5.41) is 0.